The molecule has 2 fully saturated rings. The fourth-order valence-corrected chi connectivity index (χ4v) is 3.00. The molecule has 0 saturated carbocycles. The maximum absolute atomic E-state index is 3.53. The molecule has 2 saturated heterocycles. The summed E-state index contributed by atoms with van der Waals surface area (Å²) >= 11 is 0. The van der Waals surface area contributed by atoms with Crippen molar-refractivity contribution in [3.8, 4) is 0 Å². The van der Waals surface area contributed by atoms with Crippen molar-refractivity contribution in [3.63, 3.8) is 0 Å². The number of piperidine rings is 1. The van der Waals surface area contributed by atoms with Crippen LogP contribution in [0, 0.1) is 12.3 Å². The molecule has 0 aliphatic carbocycles. The van der Waals surface area contributed by atoms with Crippen LogP contribution in [0.1, 0.15) is 18.4 Å². The molecule has 2 aliphatic rings. The normalized spacial score (nSPS) is 23.2. The van der Waals surface area contributed by atoms with E-state index in [1.165, 1.54) is 50.3 Å². The lowest BCUT2D eigenvalue weighted by Gasteiger charge is -2.53. The summed E-state index contributed by atoms with van der Waals surface area (Å²) in [6, 6.07) is 8.91. The lowest BCUT2D eigenvalue weighted by Crippen LogP contribution is -2.62. The number of aryl methyl sites for hydroxylation is 1. The molecule has 0 unspecified atom stereocenters. The van der Waals surface area contributed by atoms with Gasteiger partial charge in [0.15, 0.2) is 0 Å². The molecule has 2 heteroatoms. The Morgan fingerprint density at radius 2 is 1.94 bits per heavy atom. The summed E-state index contributed by atoms with van der Waals surface area (Å²) in [5.74, 6) is 0. The van der Waals surface area contributed by atoms with Gasteiger partial charge in [0.2, 0.25) is 0 Å². The first-order valence-corrected chi connectivity index (χ1v) is 6.30. The predicted octanol–water partition coefficient (Wildman–Crippen LogP) is 2.18. The summed E-state index contributed by atoms with van der Waals surface area (Å²) in [4.78, 5) is 2.51. The highest BCUT2D eigenvalue weighted by molar-refractivity contribution is 5.50. The van der Waals surface area contributed by atoms with Crippen LogP contribution in [-0.4, -0.2) is 26.2 Å². The zero-order valence-electron chi connectivity index (χ0n) is 10.00. The van der Waals surface area contributed by atoms with Gasteiger partial charge in [-0.1, -0.05) is 17.7 Å². The number of hydrogen-bond acceptors (Lipinski definition) is 2. The molecular weight excluding hydrogens is 196 g/mol. The van der Waals surface area contributed by atoms with Gasteiger partial charge in [0, 0.05) is 30.7 Å². The summed E-state index contributed by atoms with van der Waals surface area (Å²) in [7, 11) is 0. The summed E-state index contributed by atoms with van der Waals surface area (Å²) in [5.41, 5.74) is 3.32. The summed E-state index contributed by atoms with van der Waals surface area (Å²) < 4.78 is 0. The quantitative estimate of drug-likeness (QED) is 0.774. The smallest absolute Gasteiger partial charge is 0.0366 e. The minimum atomic E-state index is 0.586. The number of hydrogen-bond donors (Lipinski definition) is 1. The van der Waals surface area contributed by atoms with E-state index in [-0.39, 0.29) is 0 Å². The third-order valence-electron chi connectivity index (χ3n) is 4.01. The summed E-state index contributed by atoms with van der Waals surface area (Å²) in [6.45, 7) is 7.06. The number of rotatable bonds is 1. The van der Waals surface area contributed by atoms with Crippen LogP contribution in [0.25, 0.3) is 0 Å². The minimum Gasteiger partial charge on any atom is -0.370 e. The van der Waals surface area contributed by atoms with Gasteiger partial charge in [0.1, 0.15) is 0 Å². The van der Waals surface area contributed by atoms with Gasteiger partial charge in [-0.05, 0) is 38.4 Å². The van der Waals surface area contributed by atoms with Crippen LogP contribution in [0.15, 0.2) is 24.3 Å². The van der Waals surface area contributed by atoms with Gasteiger partial charge in [0.05, 0.1) is 0 Å². The average Bonchev–Trinajstić information content (AvgIpc) is 2.28. The van der Waals surface area contributed by atoms with Crippen molar-refractivity contribution in [1.29, 1.82) is 0 Å². The maximum atomic E-state index is 3.53. The van der Waals surface area contributed by atoms with Gasteiger partial charge in [-0.15, -0.1) is 0 Å². The van der Waals surface area contributed by atoms with E-state index in [2.05, 4.69) is 41.4 Å². The summed E-state index contributed by atoms with van der Waals surface area (Å²) in [5, 5.41) is 3.53. The van der Waals surface area contributed by atoms with Gasteiger partial charge in [-0.3, -0.25) is 0 Å². The minimum absolute atomic E-state index is 0.586. The fourth-order valence-electron chi connectivity index (χ4n) is 3.00. The molecule has 2 nitrogen and oxygen atoms in total. The molecule has 0 radical (unpaired) electrons. The second kappa shape index (κ2) is 3.77. The van der Waals surface area contributed by atoms with Gasteiger partial charge in [-0.2, -0.15) is 0 Å². The van der Waals surface area contributed by atoms with Crippen molar-refractivity contribution in [3.05, 3.63) is 29.8 Å². The zero-order valence-corrected chi connectivity index (χ0v) is 10.00. The molecule has 1 N–H and O–H groups in total. The number of nitrogens with one attached hydrogen (secondary N) is 1. The molecule has 0 amide bonds. The zero-order chi connectivity index (χ0) is 11.0. The van der Waals surface area contributed by atoms with E-state index in [0.29, 0.717) is 5.41 Å². The van der Waals surface area contributed by atoms with E-state index in [1.54, 1.807) is 0 Å². The van der Waals surface area contributed by atoms with Crippen LogP contribution in [0.2, 0.25) is 0 Å². The number of nitrogens with zero attached hydrogens (tertiary/aromatic N) is 1. The second-order valence-electron chi connectivity index (χ2n) is 5.47. The molecule has 16 heavy (non-hydrogen) atoms. The van der Waals surface area contributed by atoms with Gasteiger partial charge >= 0.3 is 0 Å². The lowest BCUT2D eigenvalue weighted by molar-refractivity contribution is 0.157. The number of benzene rings is 1. The van der Waals surface area contributed by atoms with Crippen LogP contribution in [0.5, 0.6) is 0 Å². The third kappa shape index (κ3) is 1.71. The van der Waals surface area contributed by atoms with Gasteiger partial charge in [0.25, 0.3) is 0 Å². The SMILES string of the molecule is Cc1ccc(N2CC3(CCCNC3)C2)cc1. The Labute approximate surface area is 97.6 Å². The van der Waals surface area contributed by atoms with E-state index in [9.17, 15) is 0 Å². The molecule has 2 aliphatic heterocycles. The largest absolute Gasteiger partial charge is 0.370 e. The van der Waals surface area contributed by atoms with Gasteiger partial charge in [-0.25, -0.2) is 0 Å². The Hall–Kier alpha value is -1.02. The Kier molecular flexibility index (Phi) is 2.40. The molecule has 1 spiro atoms. The Bertz CT molecular complexity index is 355. The van der Waals surface area contributed by atoms with Crippen LogP contribution in [0.3, 0.4) is 0 Å². The molecule has 2 heterocycles. The molecule has 3 rings (SSSR count). The Balaban J connectivity index is 1.66. The molecule has 0 atom stereocenters. The first-order chi connectivity index (χ1) is 7.77. The van der Waals surface area contributed by atoms with Crippen molar-refractivity contribution >= 4 is 5.69 Å². The van der Waals surface area contributed by atoms with E-state index in [1.807, 2.05) is 0 Å². The first kappa shape index (κ1) is 10.2. The monoisotopic (exact) mass is 216 g/mol. The van der Waals surface area contributed by atoms with Crippen LogP contribution < -0.4 is 10.2 Å². The average molecular weight is 216 g/mol. The summed E-state index contributed by atoms with van der Waals surface area (Å²) in [6.07, 6.45) is 2.75. The van der Waals surface area contributed by atoms with E-state index < -0.39 is 0 Å². The fraction of sp³-hybridized carbons (Fsp3) is 0.571. The van der Waals surface area contributed by atoms with Crippen LogP contribution in [0.4, 0.5) is 5.69 Å². The predicted molar refractivity (Wildman–Crippen MR) is 67.9 cm³/mol. The maximum Gasteiger partial charge on any atom is 0.0366 e. The highest BCUT2D eigenvalue weighted by atomic mass is 15.2. The Morgan fingerprint density at radius 1 is 1.19 bits per heavy atom. The van der Waals surface area contributed by atoms with E-state index in [0.717, 1.165) is 0 Å². The van der Waals surface area contributed by atoms with Crippen molar-refractivity contribution in [1.82, 2.24) is 5.32 Å². The topological polar surface area (TPSA) is 15.3 Å². The van der Waals surface area contributed by atoms with E-state index >= 15 is 0 Å². The molecule has 1 aromatic rings. The highest BCUT2D eigenvalue weighted by Gasteiger charge is 2.43. The third-order valence-corrected chi connectivity index (χ3v) is 4.01. The molecule has 86 valence electrons. The van der Waals surface area contributed by atoms with Crippen LogP contribution >= 0.6 is 0 Å². The molecule has 0 bridgehead atoms. The molecule has 1 aromatic carbocycles. The molecular formula is C14H20N2. The Morgan fingerprint density at radius 3 is 2.56 bits per heavy atom. The van der Waals surface area contributed by atoms with Crippen molar-refractivity contribution in [2.75, 3.05) is 31.1 Å². The second-order valence-corrected chi connectivity index (χ2v) is 5.47. The van der Waals surface area contributed by atoms with Crippen molar-refractivity contribution in [2.24, 2.45) is 5.41 Å². The highest BCUT2D eigenvalue weighted by Crippen LogP contribution is 2.39. The van der Waals surface area contributed by atoms with E-state index in [4.69, 9.17) is 0 Å². The van der Waals surface area contributed by atoms with Crippen LogP contribution in [-0.2, 0) is 0 Å². The van der Waals surface area contributed by atoms with Crippen molar-refractivity contribution < 1.29 is 0 Å². The van der Waals surface area contributed by atoms with Crippen molar-refractivity contribution in [2.45, 2.75) is 19.8 Å². The molecule has 0 aromatic heterocycles. The lowest BCUT2D eigenvalue weighted by atomic mass is 9.74. The first-order valence-electron chi connectivity index (χ1n) is 6.30. The van der Waals surface area contributed by atoms with Gasteiger partial charge < -0.3 is 10.2 Å². The standard InChI is InChI=1S/C14H20N2/c1-12-3-5-13(6-4-12)16-10-14(11-16)7-2-8-15-9-14/h3-6,15H,2,7-11H2,1H3. The number of anilines is 1.